The van der Waals surface area contributed by atoms with E-state index in [0.717, 1.165) is 5.56 Å². The van der Waals surface area contributed by atoms with Crippen LogP contribution in [0.5, 0.6) is 5.75 Å². The molecule has 2 rings (SSSR count). The molecule has 0 radical (unpaired) electrons. The number of amides is 1. The molecule has 25 heavy (non-hydrogen) atoms. The Labute approximate surface area is 144 Å². The van der Waals surface area contributed by atoms with Crippen LogP contribution in [0.1, 0.15) is 21.5 Å². The van der Waals surface area contributed by atoms with Gasteiger partial charge in [-0.3, -0.25) is 4.79 Å². The number of carbonyl (C=O) groups is 2. The Morgan fingerprint density at radius 3 is 2.52 bits per heavy atom. The second-order valence-corrected chi connectivity index (χ2v) is 5.24. The molecule has 0 fully saturated rings. The van der Waals surface area contributed by atoms with Gasteiger partial charge in [-0.15, -0.1) is 0 Å². The lowest BCUT2D eigenvalue weighted by molar-refractivity contribution is -0.117. The van der Waals surface area contributed by atoms with E-state index in [0.29, 0.717) is 18.5 Å². The van der Waals surface area contributed by atoms with Crippen molar-refractivity contribution in [2.45, 2.75) is 6.42 Å². The van der Waals surface area contributed by atoms with Crippen molar-refractivity contribution in [1.29, 1.82) is 5.26 Å². The smallest absolute Gasteiger partial charge is 0.339 e. The van der Waals surface area contributed by atoms with Gasteiger partial charge in [0.2, 0.25) is 0 Å². The van der Waals surface area contributed by atoms with Crippen molar-refractivity contribution in [2.75, 3.05) is 6.54 Å². The van der Waals surface area contributed by atoms with E-state index in [4.69, 9.17) is 10.4 Å². The molecular weight excluding hydrogens is 320 g/mol. The number of phenols is 1. The fourth-order valence-electron chi connectivity index (χ4n) is 2.19. The van der Waals surface area contributed by atoms with E-state index >= 15 is 0 Å². The van der Waals surface area contributed by atoms with Gasteiger partial charge in [-0.25, -0.2) is 4.79 Å². The Morgan fingerprint density at radius 1 is 1.16 bits per heavy atom. The van der Waals surface area contributed by atoms with Gasteiger partial charge in [0.05, 0.1) is 0 Å². The molecule has 0 aromatic heterocycles. The maximum absolute atomic E-state index is 12.1. The van der Waals surface area contributed by atoms with Gasteiger partial charge < -0.3 is 15.5 Å². The van der Waals surface area contributed by atoms with Gasteiger partial charge in [0.25, 0.3) is 5.91 Å². The number of benzene rings is 2. The number of carbonyl (C=O) groups excluding carboxylic acids is 1. The Hall–Kier alpha value is -3.59. The van der Waals surface area contributed by atoms with E-state index in [1.54, 1.807) is 6.07 Å². The van der Waals surface area contributed by atoms with Gasteiger partial charge in [0, 0.05) is 6.54 Å². The molecule has 0 unspecified atom stereocenters. The first kappa shape index (κ1) is 17.8. The molecule has 0 atom stereocenters. The fourth-order valence-corrected chi connectivity index (χ4v) is 2.19. The first-order chi connectivity index (χ1) is 12.0. The molecule has 0 aliphatic heterocycles. The van der Waals surface area contributed by atoms with Crippen LogP contribution in [0.25, 0.3) is 6.08 Å². The SMILES string of the molecule is N#CC(=Cc1ccc(O)c(C(=O)O)c1)C(=O)NCCc1ccccc1. The quantitative estimate of drug-likeness (QED) is 0.554. The van der Waals surface area contributed by atoms with Gasteiger partial charge in [-0.2, -0.15) is 5.26 Å². The lowest BCUT2D eigenvalue weighted by atomic mass is 10.1. The van der Waals surface area contributed by atoms with E-state index in [2.05, 4.69) is 5.32 Å². The monoisotopic (exact) mass is 336 g/mol. The number of aromatic carboxylic acids is 1. The summed E-state index contributed by atoms with van der Waals surface area (Å²) in [5.41, 5.74) is 0.963. The van der Waals surface area contributed by atoms with Crippen molar-refractivity contribution >= 4 is 18.0 Å². The molecule has 0 aliphatic rings. The standard InChI is InChI=1S/C19H16N2O4/c20-12-15(10-14-6-7-17(22)16(11-14)19(24)25)18(23)21-9-8-13-4-2-1-3-5-13/h1-7,10-11,22H,8-9H2,(H,21,23)(H,24,25). The number of nitriles is 1. The van der Waals surface area contributed by atoms with Gasteiger partial charge in [0.1, 0.15) is 23.0 Å². The van der Waals surface area contributed by atoms with Gasteiger partial charge in [0.15, 0.2) is 0 Å². The number of nitrogens with zero attached hydrogens (tertiary/aromatic N) is 1. The molecule has 0 heterocycles. The summed E-state index contributed by atoms with van der Waals surface area (Å²) in [6, 6.07) is 15.2. The third-order valence-electron chi connectivity index (χ3n) is 3.47. The molecule has 6 nitrogen and oxygen atoms in total. The van der Waals surface area contributed by atoms with Crippen molar-refractivity contribution in [3.63, 3.8) is 0 Å². The van der Waals surface area contributed by atoms with E-state index in [1.165, 1.54) is 24.3 Å². The Kier molecular flexibility index (Phi) is 5.91. The van der Waals surface area contributed by atoms with Crippen LogP contribution in [0.2, 0.25) is 0 Å². The zero-order valence-corrected chi connectivity index (χ0v) is 13.3. The van der Waals surface area contributed by atoms with Crippen molar-refractivity contribution in [3.8, 4) is 11.8 Å². The summed E-state index contributed by atoms with van der Waals surface area (Å²) in [6.45, 7) is 0.373. The third-order valence-corrected chi connectivity index (χ3v) is 3.47. The molecule has 0 saturated heterocycles. The van der Waals surface area contributed by atoms with Crippen LogP contribution in [0.3, 0.4) is 0 Å². The van der Waals surface area contributed by atoms with Crippen LogP contribution in [-0.2, 0) is 11.2 Å². The van der Waals surface area contributed by atoms with Crippen LogP contribution in [0, 0.1) is 11.3 Å². The lowest BCUT2D eigenvalue weighted by Gasteiger charge is -2.05. The molecular formula is C19H16N2O4. The van der Waals surface area contributed by atoms with Crippen LogP contribution >= 0.6 is 0 Å². The topological polar surface area (TPSA) is 110 Å². The van der Waals surface area contributed by atoms with Crippen LogP contribution in [0.4, 0.5) is 0 Å². The number of rotatable bonds is 6. The van der Waals surface area contributed by atoms with Gasteiger partial charge in [-0.1, -0.05) is 36.4 Å². The number of hydrogen-bond acceptors (Lipinski definition) is 4. The zero-order valence-electron chi connectivity index (χ0n) is 13.3. The molecule has 2 aromatic rings. The minimum Gasteiger partial charge on any atom is -0.507 e. The number of nitrogens with one attached hydrogen (secondary N) is 1. The van der Waals surface area contributed by atoms with Crippen molar-refractivity contribution in [1.82, 2.24) is 5.32 Å². The van der Waals surface area contributed by atoms with E-state index < -0.39 is 11.9 Å². The maximum Gasteiger partial charge on any atom is 0.339 e. The molecule has 0 spiro atoms. The molecule has 126 valence electrons. The Bertz CT molecular complexity index is 851. The first-order valence-electron chi connectivity index (χ1n) is 7.51. The van der Waals surface area contributed by atoms with Crippen LogP contribution in [0.15, 0.2) is 54.1 Å². The van der Waals surface area contributed by atoms with Crippen molar-refractivity contribution in [2.24, 2.45) is 0 Å². The van der Waals surface area contributed by atoms with Crippen molar-refractivity contribution in [3.05, 3.63) is 70.8 Å². The summed E-state index contributed by atoms with van der Waals surface area (Å²) in [5.74, 6) is -2.21. The number of carboxylic acid groups (broad SMARTS) is 1. The molecule has 2 aromatic carbocycles. The van der Waals surface area contributed by atoms with E-state index in [9.17, 15) is 14.7 Å². The average molecular weight is 336 g/mol. The lowest BCUT2D eigenvalue weighted by Crippen LogP contribution is -2.26. The molecule has 6 heteroatoms. The highest BCUT2D eigenvalue weighted by Crippen LogP contribution is 2.20. The van der Waals surface area contributed by atoms with Crippen LogP contribution in [-0.4, -0.2) is 28.6 Å². The zero-order chi connectivity index (χ0) is 18.2. The van der Waals surface area contributed by atoms with E-state index in [-0.39, 0.29) is 16.9 Å². The molecule has 3 N–H and O–H groups in total. The Balaban J connectivity index is 2.06. The largest absolute Gasteiger partial charge is 0.507 e. The van der Waals surface area contributed by atoms with Crippen LogP contribution < -0.4 is 5.32 Å². The highest BCUT2D eigenvalue weighted by molar-refractivity contribution is 6.02. The molecule has 1 amide bonds. The average Bonchev–Trinajstić information content (AvgIpc) is 2.61. The Morgan fingerprint density at radius 2 is 1.88 bits per heavy atom. The fraction of sp³-hybridized carbons (Fsp3) is 0.105. The van der Waals surface area contributed by atoms with Gasteiger partial charge >= 0.3 is 5.97 Å². The number of carboxylic acids is 1. The normalized spacial score (nSPS) is 10.8. The summed E-state index contributed by atoms with van der Waals surface area (Å²) in [7, 11) is 0. The maximum atomic E-state index is 12.1. The molecule has 0 bridgehead atoms. The second kappa shape index (κ2) is 8.31. The summed E-state index contributed by atoms with van der Waals surface area (Å²) in [4.78, 5) is 23.1. The van der Waals surface area contributed by atoms with E-state index in [1.807, 2.05) is 30.3 Å². The number of hydrogen-bond donors (Lipinski definition) is 3. The summed E-state index contributed by atoms with van der Waals surface area (Å²) >= 11 is 0. The molecule has 0 aliphatic carbocycles. The summed E-state index contributed by atoms with van der Waals surface area (Å²) in [5, 5.41) is 30.3. The third kappa shape index (κ3) is 4.94. The first-order valence-corrected chi connectivity index (χ1v) is 7.51. The van der Waals surface area contributed by atoms with Crippen molar-refractivity contribution < 1.29 is 19.8 Å². The summed E-state index contributed by atoms with van der Waals surface area (Å²) in [6.07, 6.45) is 1.91. The minimum absolute atomic E-state index is 0.143. The highest BCUT2D eigenvalue weighted by Gasteiger charge is 2.12. The highest BCUT2D eigenvalue weighted by atomic mass is 16.4. The predicted molar refractivity (Wildman–Crippen MR) is 91.8 cm³/mol. The predicted octanol–water partition coefficient (Wildman–Crippen LogP) is 2.36. The van der Waals surface area contributed by atoms with Gasteiger partial charge in [-0.05, 0) is 35.8 Å². The summed E-state index contributed by atoms with van der Waals surface area (Å²) < 4.78 is 0. The second-order valence-electron chi connectivity index (χ2n) is 5.24. The molecule has 0 saturated carbocycles. The minimum atomic E-state index is -1.29. The number of aromatic hydroxyl groups is 1.